The van der Waals surface area contributed by atoms with E-state index in [0.717, 1.165) is 54.3 Å². The fraction of sp³-hybridized carbons (Fsp3) is 0.414. The molecule has 8 nitrogen and oxygen atoms in total. The van der Waals surface area contributed by atoms with Gasteiger partial charge in [-0.3, -0.25) is 19.9 Å². The van der Waals surface area contributed by atoms with Crippen molar-refractivity contribution in [3.05, 3.63) is 71.4 Å². The number of nitrogens with two attached hydrogens (primary N) is 1. The summed E-state index contributed by atoms with van der Waals surface area (Å²) in [6, 6.07) is 18.1. The topological polar surface area (TPSA) is 105 Å². The van der Waals surface area contributed by atoms with Crippen LogP contribution in [-0.4, -0.2) is 64.4 Å². The van der Waals surface area contributed by atoms with E-state index in [9.17, 15) is 9.59 Å². The first-order chi connectivity index (χ1) is 17.9. The Morgan fingerprint density at radius 3 is 2.65 bits per heavy atom. The summed E-state index contributed by atoms with van der Waals surface area (Å²) < 4.78 is 7.31. The van der Waals surface area contributed by atoms with Crippen molar-refractivity contribution in [2.24, 2.45) is 12.8 Å². The molecule has 1 saturated heterocycles. The number of aryl methyl sites for hydroxylation is 2. The van der Waals surface area contributed by atoms with Gasteiger partial charge in [0.15, 0.2) is 0 Å². The zero-order valence-corrected chi connectivity index (χ0v) is 21.8. The summed E-state index contributed by atoms with van der Waals surface area (Å²) in [6.07, 6.45) is 3.71. The SMILES string of the molecule is CCOC(=O)CN(CC(=O)N1CCC[C@H]1CCc1cc2ccc(C(=N)N)cc2n1C)Cc1ccccc1. The number of carbonyl (C=O) groups excluding carboxylic acids is 2. The molecular formula is C29H37N5O3. The van der Waals surface area contributed by atoms with Gasteiger partial charge in [-0.05, 0) is 55.7 Å². The predicted octanol–water partition coefficient (Wildman–Crippen LogP) is 3.45. The third kappa shape index (κ3) is 6.57. The maximum Gasteiger partial charge on any atom is 0.320 e. The largest absolute Gasteiger partial charge is 0.465 e. The van der Waals surface area contributed by atoms with Crippen molar-refractivity contribution in [3.63, 3.8) is 0 Å². The molecule has 1 atom stereocenters. The highest BCUT2D eigenvalue weighted by Gasteiger charge is 2.30. The number of amides is 1. The van der Waals surface area contributed by atoms with Gasteiger partial charge >= 0.3 is 5.97 Å². The molecule has 1 amide bonds. The van der Waals surface area contributed by atoms with Crippen LogP contribution in [0.4, 0.5) is 0 Å². The van der Waals surface area contributed by atoms with Crippen molar-refractivity contribution in [1.29, 1.82) is 5.41 Å². The van der Waals surface area contributed by atoms with Gasteiger partial charge in [0.2, 0.25) is 5.91 Å². The summed E-state index contributed by atoms with van der Waals surface area (Å²) in [4.78, 5) is 29.5. The molecule has 8 heteroatoms. The molecule has 0 unspecified atom stereocenters. The smallest absolute Gasteiger partial charge is 0.320 e. The summed E-state index contributed by atoms with van der Waals surface area (Å²) in [7, 11) is 2.04. The fourth-order valence-corrected chi connectivity index (χ4v) is 5.25. The van der Waals surface area contributed by atoms with Crippen molar-refractivity contribution in [3.8, 4) is 0 Å². The normalized spacial score (nSPS) is 15.4. The minimum atomic E-state index is -0.312. The number of hydrogen-bond donors (Lipinski definition) is 2. The third-order valence-electron chi connectivity index (χ3n) is 7.15. The van der Waals surface area contributed by atoms with Crippen molar-refractivity contribution in [2.75, 3.05) is 26.2 Å². The molecule has 0 aliphatic carbocycles. The molecule has 0 bridgehead atoms. The van der Waals surface area contributed by atoms with Crippen LogP contribution in [0.25, 0.3) is 10.9 Å². The standard InChI is InChI=1S/C29H37N5O3/c1-3-37-28(36)20-33(18-21-8-5-4-6-9-21)19-27(35)34-15-7-10-24(34)13-14-25-16-22-11-12-23(29(30)31)17-26(22)32(25)2/h4-6,8-9,11-12,16-17,24H,3,7,10,13-15,18-20H2,1-2H3,(H3,30,31)/t24-/m0/s1. The molecular weight excluding hydrogens is 466 g/mol. The Labute approximate surface area is 218 Å². The van der Waals surface area contributed by atoms with E-state index in [0.29, 0.717) is 13.2 Å². The van der Waals surface area contributed by atoms with E-state index in [1.807, 2.05) is 65.4 Å². The average molecular weight is 504 g/mol. The number of nitrogens with one attached hydrogen (secondary N) is 1. The molecule has 1 aromatic heterocycles. The lowest BCUT2D eigenvalue weighted by Gasteiger charge is -2.28. The number of carbonyl (C=O) groups is 2. The number of ether oxygens (including phenoxy) is 1. The average Bonchev–Trinajstić information content (AvgIpc) is 3.47. The number of amidine groups is 1. The Morgan fingerprint density at radius 2 is 1.92 bits per heavy atom. The van der Waals surface area contributed by atoms with Gasteiger partial charge < -0.3 is 19.9 Å². The van der Waals surface area contributed by atoms with Gasteiger partial charge in [0, 0.05) is 43.0 Å². The summed E-state index contributed by atoms with van der Waals surface area (Å²) in [6.45, 7) is 3.65. The molecule has 196 valence electrons. The van der Waals surface area contributed by atoms with Crippen LogP contribution >= 0.6 is 0 Å². The number of likely N-dealkylation sites (tertiary alicyclic amines) is 1. The van der Waals surface area contributed by atoms with Gasteiger partial charge in [-0.15, -0.1) is 0 Å². The predicted molar refractivity (Wildman–Crippen MR) is 145 cm³/mol. The number of aromatic nitrogens is 1. The van der Waals surface area contributed by atoms with Crippen molar-refractivity contribution >= 4 is 28.6 Å². The molecule has 0 spiro atoms. The minimum absolute atomic E-state index is 0.0610. The molecule has 3 N–H and O–H groups in total. The number of hydrogen-bond acceptors (Lipinski definition) is 5. The van der Waals surface area contributed by atoms with E-state index >= 15 is 0 Å². The van der Waals surface area contributed by atoms with Crippen LogP contribution in [0.1, 0.15) is 43.0 Å². The second-order valence-corrected chi connectivity index (χ2v) is 9.74. The van der Waals surface area contributed by atoms with Gasteiger partial charge in [0.1, 0.15) is 5.84 Å². The number of esters is 1. The van der Waals surface area contributed by atoms with Gasteiger partial charge in [0.25, 0.3) is 0 Å². The minimum Gasteiger partial charge on any atom is -0.465 e. The molecule has 4 rings (SSSR count). The lowest BCUT2D eigenvalue weighted by atomic mass is 10.1. The number of nitrogens with zero attached hydrogens (tertiary/aromatic N) is 3. The first-order valence-corrected chi connectivity index (χ1v) is 13.0. The zero-order valence-electron chi connectivity index (χ0n) is 21.8. The van der Waals surface area contributed by atoms with Crippen LogP contribution in [0.5, 0.6) is 0 Å². The first-order valence-electron chi connectivity index (χ1n) is 13.0. The summed E-state index contributed by atoms with van der Waals surface area (Å²) in [5, 5.41) is 8.84. The zero-order chi connectivity index (χ0) is 26.4. The summed E-state index contributed by atoms with van der Waals surface area (Å²) >= 11 is 0. The van der Waals surface area contributed by atoms with Crippen LogP contribution in [0, 0.1) is 5.41 Å². The molecule has 2 aromatic carbocycles. The molecule has 2 heterocycles. The number of benzene rings is 2. The molecule has 3 aromatic rings. The first kappa shape index (κ1) is 26.4. The second-order valence-electron chi connectivity index (χ2n) is 9.74. The monoisotopic (exact) mass is 503 g/mol. The molecule has 1 aliphatic rings. The Hall–Kier alpha value is -3.65. The number of rotatable bonds is 11. The van der Waals surface area contributed by atoms with Gasteiger partial charge in [-0.25, -0.2) is 0 Å². The Kier molecular flexibility index (Phi) is 8.61. The third-order valence-corrected chi connectivity index (χ3v) is 7.15. The molecule has 1 aliphatic heterocycles. The van der Waals surface area contributed by atoms with Crippen LogP contribution in [-0.2, 0) is 34.3 Å². The van der Waals surface area contributed by atoms with Crippen LogP contribution in [0.3, 0.4) is 0 Å². The maximum absolute atomic E-state index is 13.4. The fourth-order valence-electron chi connectivity index (χ4n) is 5.25. The van der Waals surface area contributed by atoms with Crippen LogP contribution in [0.2, 0.25) is 0 Å². The van der Waals surface area contributed by atoms with Crippen molar-refractivity contribution < 1.29 is 14.3 Å². The lowest BCUT2D eigenvalue weighted by molar-refractivity contribution is -0.145. The van der Waals surface area contributed by atoms with E-state index < -0.39 is 0 Å². The lowest BCUT2D eigenvalue weighted by Crippen LogP contribution is -2.44. The number of nitrogen functional groups attached to an aromatic ring is 1. The van der Waals surface area contributed by atoms with E-state index in [1.165, 1.54) is 5.69 Å². The highest BCUT2D eigenvalue weighted by atomic mass is 16.5. The second kappa shape index (κ2) is 12.1. The van der Waals surface area contributed by atoms with Gasteiger partial charge in [-0.1, -0.05) is 42.5 Å². The van der Waals surface area contributed by atoms with Crippen molar-refractivity contribution in [2.45, 2.75) is 45.2 Å². The highest BCUT2D eigenvalue weighted by molar-refractivity contribution is 5.98. The van der Waals surface area contributed by atoms with E-state index in [1.54, 1.807) is 6.92 Å². The molecule has 0 saturated carbocycles. The van der Waals surface area contributed by atoms with Crippen LogP contribution in [0.15, 0.2) is 54.6 Å². The summed E-state index contributed by atoms with van der Waals surface area (Å²) in [5.41, 5.74) is 9.70. The molecule has 0 radical (unpaired) electrons. The van der Waals surface area contributed by atoms with Gasteiger partial charge in [0.05, 0.1) is 19.7 Å². The van der Waals surface area contributed by atoms with E-state index in [-0.39, 0.29) is 36.8 Å². The van der Waals surface area contributed by atoms with Crippen LogP contribution < -0.4 is 5.73 Å². The highest BCUT2D eigenvalue weighted by Crippen LogP contribution is 2.25. The molecule has 1 fully saturated rings. The van der Waals surface area contributed by atoms with Gasteiger partial charge in [-0.2, -0.15) is 0 Å². The Balaban J connectivity index is 1.41. The summed E-state index contributed by atoms with van der Waals surface area (Å²) in [5.74, 6) is -0.187. The maximum atomic E-state index is 13.4. The number of fused-ring (bicyclic) bond motifs is 1. The van der Waals surface area contributed by atoms with Crippen molar-refractivity contribution in [1.82, 2.24) is 14.4 Å². The molecule has 37 heavy (non-hydrogen) atoms. The Morgan fingerprint density at radius 1 is 1.14 bits per heavy atom. The van der Waals surface area contributed by atoms with E-state index in [2.05, 4.69) is 10.6 Å². The Bertz CT molecular complexity index is 1250. The van der Waals surface area contributed by atoms with E-state index in [4.69, 9.17) is 15.9 Å². The quantitative estimate of drug-likeness (QED) is 0.237.